The van der Waals surface area contributed by atoms with E-state index in [1.54, 1.807) is 6.33 Å². The van der Waals surface area contributed by atoms with E-state index in [1.165, 1.54) is 11.1 Å². The van der Waals surface area contributed by atoms with Gasteiger partial charge in [0.05, 0.1) is 16.7 Å². The summed E-state index contributed by atoms with van der Waals surface area (Å²) in [6.45, 7) is 13.2. The summed E-state index contributed by atoms with van der Waals surface area (Å²) in [7, 11) is 0. The maximum Gasteiger partial charge on any atom is 0.158 e. The number of pyridine rings is 2. The molecule has 144 valence electrons. The van der Waals surface area contributed by atoms with Crippen molar-refractivity contribution < 1.29 is 0 Å². The van der Waals surface area contributed by atoms with E-state index in [0.29, 0.717) is 5.92 Å². The zero-order chi connectivity index (χ0) is 19.6. The predicted molar refractivity (Wildman–Crippen MR) is 113 cm³/mol. The molecule has 6 heteroatoms. The molecule has 0 radical (unpaired) electrons. The van der Waals surface area contributed by atoms with Crippen LogP contribution in [0.15, 0.2) is 24.7 Å². The predicted octanol–water partition coefficient (Wildman–Crippen LogP) is 4.47. The van der Waals surface area contributed by atoms with Gasteiger partial charge in [0.2, 0.25) is 0 Å². The molecule has 0 unspecified atom stereocenters. The summed E-state index contributed by atoms with van der Waals surface area (Å²) in [5.74, 6) is 2.19. The molecule has 4 aromatic rings. The van der Waals surface area contributed by atoms with Gasteiger partial charge in [0, 0.05) is 30.4 Å². The van der Waals surface area contributed by atoms with Gasteiger partial charge in [0.15, 0.2) is 5.65 Å². The molecule has 0 aliphatic carbocycles. The molecular weight excluding hydrogens is 348 g/mol. The molecule has 5 heterocycles. The van der Waals surface area contributed by atoms with Gasteiger partial charge in [0.25, 0.3) is 0 Å². The van der Waals surface area contributed by atoms with Gasteiger partial charge in [-0.05, 0) is 48.9 Å². The van der Waals surface area contributed by atoms with Crippen LogP contribution in [0.3, 0.4) is 0 Å². The average molecular weight is 374 g/mol. The second-order valence-electron chi connectivity index (χ2n) is 8.47. The Morgan fingerprint density at radius 3 is 2.64 bits per heavy atom. The molecule has 1 N–H and O–H groups in total. The van der Waals surface area contributed by atoms with Gasteiger partial charge in [-0.3, -0.25) is 0 Å². The second-order valence-corrected chi connectivity index (χ2v) is 8.47. The molecule has 6 nitrogen and oxygen atoms in total. The van der Waals surface area contributed by atoms with Gasteiger partial charge < -0.3 is 9.88 Å². The summed E-state index contributed by atoms with van der Waals surface area (Å²) < 4.78 is 1.87. The van der Waals surface area contributed by atoms with Crippen LogP contribution in [0.2, 0.25) is 0 Å². The first-order chi connectivity index (χ1) is 13.4. The molecular formula is C22H26N6. The first-order valence-corrected chi connectivity index (χ1v) is 10.0. The van der Waals surface area contributed by atoms with Crippen molar-refractivity contribution in [1.29, 1.82) is 0 Å². The molecule has 1 saturated heterocycles. The minimum Gasteiger partial charge on any atom is -0.356 e. The Bertz CT molecular complexity index is 1190. The number of H-pyrrole nitrogens is 1. The molecule has 5 rings (SSSR count). The van der Waals surface area contributed by atoms with Crippen molar-refractivity contribution >= 4 is 22.5 Å². The van der Waals surface area contributed by atoms with Crippen LogP contribution < -0.4 is 4.90 Å². The number of aryl methyl sites for hydroxylation is 1. The number of nitrogens with zero attached hydrogens (tertiary/aromatic N) is 5. The zero-order valence-corrected chi connectivity index (χ0v) is 17.1. The fourth-order valence-corrected chi connectivity index (χ4v) is 4.37. The largest absolute Gasteiger partial charge is 0.356 e. The summed E-state index contributed by atoms with van der Waals surface area (Å²) in [6.07, 6.45) is 3.70. The van der Waals surface area contributed by atoms with Crippen molar-refractivity contribution in [3.8, 4) is 11.3 Å². The van der Waals surface area contributed by atoms with E-state index in [2.05, 4.69) is 72.9 Å². The van der Waals surface area contributed by atoms with E-state index in [1.807, 2.05) is 4.52 Å². The van der Waals surface area contributed by atoms with E-state index in [0.717, 1.165) is 58.3 Å². The van der Waals surface area contributed by atoms with Crippen LogP contribution in [0.5, 0.6) is 0 Å². The SMILES string of the molecule is Cc1c(-c2[nH]c3ccc(N4CC(C)C4)nc3c2C(C)C)cn2ncnc2c1C. The highest BCUT2D eigenvalue weighted by atomic mass is 15.3. The quantitative estimate of drug-likeness (QED) is 0.575. The molecule has 0 bridgehead atoms. The molecule has 0 atom stereocenters. The minimum atomic E-state index is 0.355. The van der Waals surface area contributed by atoms with Gasteiger partial charge in [-0.15, -0.1) is 0 Å². The van der Waals surface area contributed by atoms with Crippen LogP contribution in [0.4, 0.5) is 5.82 Å². The van der Waals surface area contributed by atoms with Gasteiger partial charge >= 0.3 is 0 Å². The number of rotatable bonds is 3. The van der Waals surface area contributed by atoms with Crippen molar-refractivity contribution in [2.45, 2.75) is 40.5 Å². The highest BCUT2D eigenvalue weighted by Crippen LogP contribution is 2.38. The standard InChI is InChI=1S/C22H26N6/c1-12(2)19-20(16-10-28-22(23-11-24-28)15(5)14(16)4)25-17-6-7-18(26-21(17)19)27-8-13(3)9-27/h6-7,10-13,25H,8-9H2,1-5H3. The van der Waals surface area contributed by atoms with E-state index in [9.17, 15) is 0 Å². The third-order valence-corrected chi connectivity index (χ3v) is 6.03. The van der Waals surface area contributed by atoms with Gasteiger partial charge in [0.1, 0.15) is 12.1 Å². The number of aromatic nitrogens is 5. The Hall–Kier alpha value is -2.89. The Morgan fingerprint density at radius 2 is 1.93 bits per heavy atom. The molecule has 1 aliphatic heterocycles. The number of anilines is 1. The summed E-state index contributed by atoms with van der Waals surface area (Å²) in [5.41, 5.74) is 9.05. The first-order valence-electron chi connectivity index (χ1n) is 10.0. The lowest BCUT2D eigenvalue weighted by atomic mass is 9.95. The number of fused-ring (bicyclic) bond motifs is 2. The third kappa shape index (κ3) is 2.44. The number of aromatic amines is 1. The Labute approximate surface area is 164 Å². The second kappa shape index (κ2) is 6.06. The molecule has 28 heavy (non-hydrogen) atoms. The number of nitrogens with one attached hydrogen (secondary N) is 1. The van der Waals surface area contributed by atoms with Crippen LogP contribution in [0.1, 0.15) is 43.4 Å². The van der Waals surface area contributed by atoms with E-state index >= 15 is 0 Å². The lowest BCUT2D eigenvalue weighted by Crippen LogP contribution is -2.45. The molecule has 0 aromatic carbocycles. The summed E-state index contributed by atoms with van der Waals surface area (Å²) in [4.78, 5) is 15.5. The topological polar surface area (TPSA) is 62.1 Å². The first kappa shape index (κ1) is 17.2. The van der Waals surface area contributed by atoms with E-state index < -0.39 is 0 Å². The Kier molecular flexibility index (Phi) is 3.73. The van der Waals surface area contributed by atoms with Crippen LogP contribution in [-0.4, -0.2) is 37.7 Å². The maximum atomic E-state index is 5.06. The van der Waals surface area contributed by atoms with Crippen molar-refractivity contribution in [1.82, 2.24) is 24.6 Å². The minimum absolute atomic E-state index is 0.355. The maximum absolute atomic E-state index is 5.06. The Balaban J connectivity index is 1.73. The molecule has 0 spiro atoms. The number of hydrogen-bond donors (Lipinski definition) is 1. The summed E-state index contributed by atoms with van der Waals surface area (Å²) in [6, 6.07) is 4.31. The van der Waals surface area contributed by atoms with Crippen molar-refractivity contribution in [3.63, 3.8) is 0 Å². The van der Waals surface area contributed by atoms with E-state index in [4.69, 9.17) is 4.98 Å². The highest BCUT2D eigenvalue weighted by molar-refractivity contribution is 5.90. The lowest BCUT2D eigenvalue weighted by molar-refractivity contribution is 0.444. The van der Waals surface area contributed by atoms with Crippen LogP contribution in [0.25, 0.3) is 27.9 Å². The average Bonchev–Trinajstić information content (AvgIpc) is 3.25. The molecule has 1 fully saturated rings. The smallest absolute Gasteiger partial charge is 0.158 e. The van der Waals surface area contributed by atoms with Crippen molar-refractivity contribution in [2.75, 3.05) is 18.0 Å². The van der Waals surface area contributed by atoms with Crippen LogP contribution in [-0.2, 0) is 0 Å². The molecule has 4 aromatic heterocycles. The highest BCUT2D eigenvalue weighted by Gasteiger charge is 2.26. The fraction of sp³-hybridized carbons (Fsp3) is 0.409. The molecule has 1 aliphatic rings. The van der Waals surface area contributed by atoms with Gasteiger partial charge in [-0.2, -0.15) is 5.10 Å². The Morgan fingerprint density at radius 1 is 1.14 bits per heavy atom. The van der Waals surface area contributed by atoms with Crippen molar-refractivity contribution in [2.24, 2.45) is 5.92 Å². The zero-order valence-electron chi connectivity index (χ0n) is 17.1. The van der Waals surface area contributed by atoms with E-state index in [-0.39, 0.29) is 0 Å². The van der Waals surface area contributed by atoms with Crippen LogP contribution in [0, 0.1) is 19.8 Å². The van der Waals surface area contributed by atoms with Gasteiger partial charge in [-0.1, -0.05) is 20.8 Å². The van der Waals surface area contributed by atoms with Gasteiger partial charge in [-0.25, -0.2) is 14.5 Å². The summed E-state index contributed by atoms with van der Waals surface area (Å²) in [5, 5.41) is 4.37. The fourth-order valence-electron chi connectivity index (χ4n) is 4.37. The summed E-state index contributed by atoms with van der Waals surface area (Å²) >= 11 is 0. The number of hydrogen-bond acceptors (Lipinski definition) is 4. The van der Waals surface area contributed by atoms with Crippen LogP contribution >= 0.6 is 0 Å². The normalized spacial score (nSPS) is 15.1. The molecule has 0 amide bonds. The lowest BCUT2D eigenvalue weighted by Gasteiger charge is -2.38. The molecule has 0 saturated carbocycles. The monoisotopic (exact) mass is 374 g/mol. The third-order valence-electron chi connectivity index (χ3n) is 6.03. The van der Waals surface area contributed by atoms with Crippen molar-refractivity contribution in [3.05, 3.63) is 41.3 Å².